The fourth-order valence-electron chi connectivity index (χ4n) is 2.03. The van der Waals surface area contributed by atoms with Crippen LogP contribution >= 0.6 is 0 Å². The molecule has 1 amide bonds. The summed E-state index contributed by atoms with van der Waals surface area (Å²) in [5.41, 5.74) is 1.35. The van der Waals surface area contributed by atoms with Crippen LogP contribution in [-0.4, -0.2) is 10.9 Å². The molecule has 0 aliphatic carbocycles. The minimum absolute atomic E-state index is 0.235. The number of pyridine rings is 1. The molecule has 23 heavy (non-hydrogen) atoms. The van der Waals surface area contributed by atoms with Crippen LogP contribution in [0.1, 0.15) is 16.2 Å². The Labute approximate surface area is 132 Å². The normalized spacial score (nSPS) is 10.3. The number of benzene rings is 1. The lowest BCUT2D eigenvalue weighted by atomic mass is 10.2. The lowest BCUT2D eigenvalue weighted by molar-refractivity contribution is 0.102. The summed E-state index contributed by atoms with van der Waals surface area (Å²) >= 11 is 0. The maximum Gasteiger partial charge on any atom is 0.274 e. The first kappa shape index (κ1) is 14.8. The molecule has 0 bridgehead atoms. The summed E-state index contributed by atoms with van der Waals surface area (Å²) in [5.74, 6) is -0.0329. The van der Waals surface area contributed by atoms with Crippen molar-refractivity contribution >= 4 is 17.3 Å². The number of amides is 1. The molecule has 0 atom stereocenters. The molecule has 6 heteroatoms. The van der Waals surface area contributed by atoms with E-state index < -0.39 is 11.7 Å². The minimum atomic E-state index is -0.412. The van der Waals surface area contributed by atoms with E-state index in [4.69, 9.17) is 4.42 Å². The van der Waals surface area contributed by atoms with Gasteiger partial charge in [-0.15, -0.1) is 0 Å². The largest absolute Gasteiger partial charge is 0.467 e. The van der Waals surface area contributed by atoms with Crippen molar-refractivity contribution in [1.29, 1.82) is 0 Å². The second-order valence-electron chi connectivity index (χ2n) is 4.83. The summed E-state index contributed by atoms with van der Waals surface area (Å²) in [4.78, 5) is 16.2. The van der Waals surface area contributed by atoms with Crippen molar-refractivity contribution in [2.45, 2.75) is 6.54 Å². The number of hydrogen-bond acceptors (Lipinski definition) is 4. The number of aromatic nitrogens is 1. The molecule has 0 saturated carbocycles. The van der Waals surface area contributed by atoms with Crippen molar-refractivity contribution in [3.8, 4) is 0 Å². The molecule has 116 valence electrons. The predicted octanol–water partition coefficient (Wildman–Crippen LogP) is 3.68. The summed E-state index contributed by atoms with van der Waals surface area (Å²) in [7, 11) is 0. The molecule has 3 rings (SSSR count). The highest BCUT2D eigenvalue weighted by Gasteiger charge is 2.09. The molecule has 2 heterocycles. The number of nitrogens with zero attached hydrogens (tertiary/aromatic N) is 1. The van der Waals surface area contributed by atoms with E-state index in [0.29, 0.717) is 12.2 Å². The van der Waals surface area contributed by atoms with Gasteiger partial charge in [-0.25, -0.2) is 4.39 Å². The summed E-state index contributed by atoms with van der Waals surface area (Å²) < 4.78 is 18.4. The number of anilines is 2. The van der Waals surface area contributed by atoms with Crippen LogP contribution < -0.4 is 10.6 Å². The van der Waals surface area contributed by atoms with Gasteiger partial charge in [0.1, 0.15) is 17.3 Å². The van der Waals surface area contributed by atoms with Gasteiger partial charge in [-0.05, 0) is 42.5 Å². The molecule has 1 aromatic carbocycles. The van der Waals surface area contributed by atoms with Crippen molar-refractivity contribution < 1.29 is 13.6 Å². The summed E-state index contributed by atoms with van der Waals surface area (Å²) in [6, 6.07) is 12.7. The molecule has 0 unspecified atom stereocenters. The third-order valence-corrected chi connectivity index (χ3v) is 3.12. The topological polar surface area (TPSA) is 67.2 Å². The van der Waals surface area contributed by atoms with Crippen molar-refractivity contribution in [3.63, 3.8) is 0 Å². The van der Waals surface area contributed by atoms with Gasteiger partial charge in [0.05, 0.1) is 12.8 Å². The average molecular weight is 311 g/mol. The highest BCUT2D eigenvalue weighted by atomic mass is 19.1. The van der Waals surface area contributed by atoms with Crippen LogP contribution in [0, 0.1) is 5.82 Å². The molecule has 5 nitrogen and oxygen atoms in total. The SMILES string of the molecule is O=C(Nc1cccc(F)c1)c1cc(NCc2ccco2)ccn1. The Hall–Kier alpha value is -3.15. The van der Waals surface area contributed by atoms with Crippen LogP contribution in [0.2, 0.25) is 0 Å². The maximum atomic E-state index is 13.1. The first-order chi connectivity index (χ1) is 11.2. The summed E-state index contributed by atoms with van der Waals surface area (Å²) in [6.45, 7) is 0.502. The van der Waals surface area contributed by atoms with Gasteiger partial charge in [0.25, 0.3) is 5.91 Å². The molecule has 0 aliphatic heterocycles. The van der Waals surface area contributed by atoms with Crippen molar-refractivity contribution in [3.05, 3.63) is 78.3 Å². The Morgan fingerprint density at radius 2 is 2.04 bits per heavy atom. The first-order valence-corrected chi connectivity index (χ1v) is 7.00. The van der Waals surface area contributed by atoms with Crippen molar-refractivity contribution in [1.82, 2.24) is 4.98 Å². The lowest BCUT2D eigenvalue weighted by Crippen LogP contribution is -2.14. The summed E-state index contributed by atoms with van der Waals surface area (Å²) in [5, 5.41) is 5.75. The third kappa shape index (κ3) is 3.94. The van der Waals surface area contributed by atoms with E-state index in [0.717, 1.165) is 11.4 Å². The molecule has 2 aromatic heterocycles. The quantitative estimate of drug-likeness (QED) is 0.754. The maximum absolute atomic E-state index is 13.1. The van der Waals surface area contributed by atoms with Gasteiger partial charge in [0.2, 0.25) is 0 Å². The number of nitrogens with one attached hydrogen (secondary N) is 2. The smallest absolute Gasteiger partial charge is 0.274 e. The third-order valence-electron chi connectivity index (χ3n) is 3.12. The lowest BCUT2D eigenvalue weighted by Gasteiger charge is -2.07. The van der Waals surface area contributed by atoms with Gasteiger partial charge in [-0.1, -0.05) is 6.07 Å². The van der Waals surface area contributed by atoms with Crippen LogP contribution in [0.5, 0.6) is 0 Å². The molecule has 0 aliphatic rings. The molecule has 0 spiro atoms. The van der Waals surface area contributed by atoms with Crippen LogP contribution in [0.3, 0.4) is 0 Å². The minimum Gasteiger partial charge on any atom is -0.467 e. The van der Waals surface area contributed by atoms with Gasteiger partial charge in [-0.3, -0.25) is 9.78 Å². The van der Waals surface area contributed by atoms with E-state index >= 15 is 0 Å². The first-order valence-electron chi connectivity index (χ1n) is 7.00. The zero-order valence-corrected chi connectivity index (χ0v) is 12.1. The van der Waals surface area contributed by atoms with Crippen molar-refractivity contribution in [2.24, 2.45) is 0 Å². The number of carbonyl (C=O) groups excluding carboxylic acids is 1. The fourth-order valence-corrected chi connectivity index (χ4v) is 2.03. The molecule has 2 N–H and O–H groups in total. The van der Waals surface area contributed by atoms with E-state index in [1.54, 1.807) is 30.5 Å². The standard InChI is InChI=1S/C17H14FN3O2/c18-12-3-1-4-14(9-12)21-17(22)16-10-13(6-7-19-16)20-11-15-5-2-8-23-15/h1-10H,11H2,(H,19,20)(H,21,22). The monoisotopic (exact) mass is 311 g/mol. The molecule has 0 radical (unpaired) electrons. The van der Waals surface area contributed by atoms with E-state index in [9.17, 15) is 9.18 Å². The van der Waals surface area contributed by atoms with E-state index in [1.807, 2.05) is 6.07 Å². The second-order valence-corrected chi connectivity index (χ2v) is 4.83. The number of carbonyl (C=O) groups is 1. The number of furan rings is 1. The number of halogens is 1. The van der Waals surface area contributed by atoms with Gasteiger partial charge < -0.3 is 15.1 Å². The van der Waals surface area contributed by atoms with E-state index in [-0.39, 0.29) is 5.69 Å². The molecular formula is C17H14FN3O2. The number of hydrogen-bond donors (Lipinski definition) is 2. The number of rotatable bonds is 5. The highest BCUT2D eigenvalue weighted by Crippen LogP contribution is 2.14. The Balaban J connectivity index is 1.67. The molecule has 3 aromatic rings. The van der Waals surface area contributed by atoms with Gasteiger partial charge in [0, 0.05) is 17.6 Å². The predicted molar refractivity (Wildman–Crippen MR) is 84.6 cm³/mol. The summed E-state index contributed by atoms with van der Waals surface area (Å²) in [6.07, 6.45) is 3.13. The van der Waals surface area contributed by atoms with Crippen LogP contribution in [0.4, 0.5) is 15.8 Å². The van der Waals surface area contributed by atoms with Crippen LogP contribution in [-0.2, 0) is 6.54 Å². The Bertz CT molecular complexity index is 803. The Morgan fingerprint density at radius 1 is 1.13 bits per heavy atom. The van der Waals surface area contributed by atoms with Crippen molar-refractivity contribution in [2.75, 3.05) is 10.6 Å². The molecule has 0 saturated heterocycles. The van der Waals surface area contributed by atoms with Crippen LogP contribution in [0.15, 0.2) is 65.4 Å². The Morgan fingerprint density at radius 3 is 2.83 bits per heavy atom. The highest BCUT2D eigenvalue weighted by molar-refractivity contribution is 6.03. The fraction of sp³-hybridized carbons (Fsp3) is 0.0588. The van der Waals surface area contributed by atoms with Gasteiger partial charge in [0.15, 0.2) is 0 Å². The van der Waals surface area contributed by atoms with E-state index in [2.05, 4.69) is 15.6 Å². The average Bonchev–Trinajstić information content (AvgIpc) is 3.07. The van der Waals surface area contributed by atoms with Gasteiger partial charge in [-0.2, -0.15) is 0 Å². The zero-order chi connectivity index (χ0) is 16.1. The molecule has 0 fully saturated rings. The van der Waals surface area contributed by atoms with Crippen LogP contribution in [0.25, 0.3) is 0 Å². The van der Waals surface area contributed by atoms with E-state index in [1.165, 1.54) is 24.4 Å². The van der Waals surface area contributed by atoms with Gasteiger partial charge >= 0.3 is 0 Å². The molecular weight excluding hydrogens is 297 g/mol. The second kappa shape index (κ2) is 6.74. The zero-order valence-electron chi connectivity index (χ0n) is 12.1. The Kier molecular flexibility index (Phi) is 4.33.